The Labute approximate surface area is 140 Å². The molecule has 2 heterocycles. The van der Waals surface area contributed by atoms with Crippen LogP contribution in [0.25, 0.3) is 0 Å². The van der Waals surface area contributed by atoms with Gasteiger partial charge >= 0.3 is 0 Å². The highest BCUT2D eigenvalue weighted by Gasteiger charge is 2.44. The highest BCUT2D eigenvalue weighted by atomic mass is 35.5. The summed E-state index contributed by atoms with van der Waals surface area (Å²) in [4.78, 5) is 12.6. The number of piperidine rings is 1. The Morgan fingerprint density at radius 3 is 3.17 bits per heavy atom. The molecule has 0 saturated carbocycles. The number of benzene rings is 1. The minimum absolute atomic E-state index is 0.355. The number of aryl methyl sites for hydroxylation is 1. The number of alkyl halides is 1. The molecular formula is C16H22ClN3O3. The summed E-state index contributed by atoms with van der Waals surface area (Å²) >= 11 is 6.20. The van der Waals surface area contributed by atoms with Crippen LogP contribution in [0.5, 0.6) is 5.75 Å². The zero-order valence-corrected chi connectivity index (χ0v) is 13.6. The van der Waals surface area contributed by atoms with E-state index in [1.807, 2.05) is 12.1 Å². The Kier molecular flexibility index (Phi) is 4.77. The van der Waals surface area contributed by atoms with Crippen molar-refractivity contribution in [1.29, 1.82) is 0 Å². The second kappa shape index (κ2) is 6.65. The smallest absolute Gasteiger partial charge is 0.256 e. The van der Waals surface area contributed by atoms with E-state index in [0.29, 0.717) is 37.4 Å². The van der Waals surface area contributed by atoms with Gasteiger partial charge in [0.25, 0.3) is 5.91 Å². The minimum atomic E-state index is -1.34. The number of nitrogens with one attached hydrogen (secondary N) is 2. The number of ether oxygens (including phenoxy) is 1. The van der Waals surface area contributed by atoms with Crippen molar-refractivity contribution in [3.8, 4) is 5.75 Å². The molecule has 3 unspecified atom stereocenters. The third kappa shape index (κ3) is 3.17. The number of carbonyl (C=O) groups excluding carboxylic acids is 1. The average molecular weight is 340 g/mol. The number of fused-ring (bicyclic) bond motifs is 1. The van der Waals surface area contributed by atoms with Gasteiger partial charge in [0.05, 0.1) is 17.5 Å². The van der Waals surface area contributed by atoms with Gasteiger partial charge < -0.3 is 26.2 Å². The molecule has 0 radical (unpaired) electrons. The molecule has 1 amide bonds. The maximum atomic E-state index is 12.6. The number of hydrogen-bond donors (Lipinski definition) is 4. The molecule has 0 aromatic heterocycles. The lowest BCUT2D eigenvalue weighted by Gasteiger charge is -2.41. The second-order valence-corrected chi connectivity index (χ2v) is 6.64. The number of hydrogen-bond acceptors (Lipinski definition) is 5. The van der Waals surface area contributed by atoms with E-state index in [9.17, 15) is 9.90 Å². The number of rotatable bonds is 3. The monoisotopic (exact) mass is 339 g/mol. The van der Waals surface area contributed by atoms with E-state index in [-0.39, 0.29) is 5.91 Å². The van der Waals surface area contributed by atoms with E-state index in [1.165, 1.54) is 0 Å². The van der Waals surface area contributed by atoms with Crippen molar-refractivity contribution in [2.24, 2.45) is 5.73 Å². The lowest BCUT2D eigenvalue weighted by Crippen LogP contribution is -2.66. The van der Waals surface area contributed by atoms with Crippen molar-refractivity contribution in [3.63, 3.8) is 0 Å². The predicted molar refractivity (Wildman–Crippen MR) is 87.8 cm³/mol. The van der Waals surface area contributed by atoms with Crippen LogP contribution in [0, 0.1) is 0 Å². The molecule has 3 atom stereocenters. The lowest BCUT2D eigenvalue weighted by molar-refractivity contribution is -0.0177. The number of nitrogens with two attached hydrogens (primary N) is 1. The van der Waals surface area contributed by atoms with Crippen LogP contribution in [0.3, 0.4) is 0 Å². The van der Waals surface area contributed by atoms with E-state index in [4.69, 9.17) is 22.1 Å². The Morgan fingerprint density at radius 2 is 2.39 bits per heavy atom. The van der Waals surface area contributed by atoms with E-state index in [0.717, 1.165) is 18.4 Å². The molecule has 7 heteroatoms. The Morgan fingerprint density at radius 1 is 1.57 bits per heavy atom. The van der Waals surface area contributed by atoms with Crippen LogP contribution >= 0.6 is 11.6 Å². The molecule has 23 heavy (non-hydrogen) atoms. The van der Waals surface area contributed by atoms with E-state index in [1.54, 1.807) is 6.07 Å². The standard InChI is InChI=1S/C16H22ClN3O3/c17-12-9-19-7-6-16(12,22)15(18)20-14(21)11-5-1-3-10-4-2-8-23-13(10)11/h1,3,5,12,15,19,22H,2,4,6-9,18H2,(H,20,21). The molecule has 126 valence electrons. The van der Waals surface area contributed by atoms with Crippen LogP contribution in [-0.2, 0) is 6.42 Å². The van der Waals surface area contributed by atoms with Gasteiger partial charge in [0, 0.05) is 6.54 Å². The summed E-state index contributed by atoms with van der Waals surface area (Å²) < 4.78 is 5.65. The van der Waals surface area contributed by atoms with Gasteiger partial charge in [-0.25, -0.2) is 0 Å². The molecule has 1 aromatic rings. The molecule has 2 aliphatic heterocycles. The molecule has 1 fully saturated rings. The third-order valence-electron chi connectivity index (χ3n) is 4.57. The molecule has 3 rings (SSSR count). The first-order valence-corrected chi connectivity index (χ1v) is 8.34. The maximum Gasteiger partial charge on any atom is 0.256 e. The quantitative estimate of drug-likeness (QED) is 0.471. The number of halogens is 1. The van der Waals surface area contributed by atoms with Gasteiger partial charge in [-0.2, -0.15) is 0 Å². The molecule has 5 N–H and O–H groups in total. The van der Waals surface area contributed by atoms with Crippen molar-refractivity contribution in [2.45, 2.75) is 36.4 Å². The molecule has 2 aliphatic rings. The third-order valence-corrected chi connectivity index (χ3v) is 5.10. The summed E-state index contributed by atoms with van der Waals surface area (Å²) in [6.45, 7) is 1.65. The van der Waals surface area contributed by atoms with Crippen LogP contribution in [0.4, 0.5) is 0 Å². The van der Waals surface area contributed by atoms with Gasteiger partial charge in [0.15, 0.2) is 0 Å². The summed E-state index contributed by atoms with van der Waals surface area (Å²) in [5.74, 6) is 0.259. The number of para-hydroxylation sites is 1. The zero-order valence-electron chi connectivity index (χ0n) is 12.8. The first kappa shape index (κ1) is 16.5. The molecule has 1 saturated heterocycles. The Bertz CT molecular complexity index is 598. The summed E-state index contributed by atoms with van der Waals surface area (Å²) in [6, 6.07) is 5.49. The first-order chi connectivity index (χ1) is 11.0. The maximum absolute atomic E-state index is 12.6. The second-order valence-electron chi connectivity index (χ2n) is 6.11. The van der Waals surface area contributed by atoms with Crippen molar-refractivity contribution in [1.82, 2.24) is 10.6 Å². The van der Waals surface area contributed by atoms with Gasteiger partial charge in [0.2, 0.25) is 0 Å². The number of amides is 1. The van der Waals surface area contributed by atoms with Crippen molar-refractivity contribution in [3.05, 3.63) is 29.3 Å². The van der Waals surface area contributed by atoms with Crippen molar-refractivity contribution < 1.29 is 14.6 Å². The fourth-order valence-corrected chi connectivity index (χ4v) is 3.47. The molecule has 1 aromatic carbocycles. The van der Waals surface area contributed by atoms with Crippen LogP contribution in [-0.4, -0.2) is 47.9 Å². The number of carbonyl (C=O) groups is 1. The van der Waals surface area contributed by atoms with E-state index >= 15 is 0 Å². The average Bonchev–Trinajstić information content (AvgIpc) is 2.57. The SMILES string of the molecule is NC(NC(=O)c1cccc2c1OCCC2)C1(O)CCNCC1Cl. The molecule has 0 bridgehead atoms. The Hall–Kier alpha value is -1.34. The van der Waals surface area contributed by atoms with Crippen LogP contribution < -0.4 is 21.1 Å². The van der Waals surface area contributed by atoms with Gasteiger partial charge in [0.1, 0.15) is 17.5 Å². The van der Waals surface area contributed by atoms with Crippen LogP contribution in [0.15, 0.2) is 18.2 Å². The largest absolute Gasteiger partial charge is 0.492 e. The summed E-state index contributed by atoms with van der Waals surface area (Å²) in [6.07, 6.45) is 1.27. The minimum Gasteiger partial charge on any atom is -0.492 e. The lowest BCUT2D eigenvalue weighted by atomic mass is 9.88. The first-order valence-electron chi connectivity index (χ1n) is 7.90. The molecule has 0 aliphatic carbocycles. The van der Waals surface area contributed by atoms with E-state index in [2.05, 4.69) is 10.6 Å². The van der Waals surface area contributed by atoms with Gasteiger partial charge in [-0.15, -0.1) is 11.6 Å². The summed E-state index contributed by atoms with van der Waals surface area (Å²) in [5, 5.41) is 15.9. The highest BCUT2D eigenvalue weighted by Crippen LogP contribution is 2.30. The topological polar surface area (TPSA) is 96.6 Å². The van der Waals surface area contributed by atoms with Gasteiger partial charge in [-0.05, 0) is 37.4 Å². The Balaban J connectivity index is 1.77. The van der Waals surface area contributed by atoms with Crippen molar-refractivity contribution >= 4 is 17.5 Å². The van der Waals surface area contributed by atoms with Crippen LogP contribution in [0.2, 0.25) is 0 Å². The highest BCUT2D eigenvalue weighted by molar-refractivity contribution is 6.21. The fourth-order valence-electron chi connectivity index (χ4n) is 3.11. The van der Waals surface area contributed by atoms with Gasteiger partial charge in [-0.1, -0.05) is 12.1 Å². The predicted octanol–water partition coefficient (Wildman–Crippen LogP) is 0.358. The fraction of sp³-hybridized carbons (Fsp3) is 0.562. The van der Waals surface area contributed by atoms with Crippen molar-refractivity contribution in [2.75, 3.05) is 19.7 Å². The number of aliphatic hydroxyl groups is 1. The van der Waals surface area contributed by atoms with E-state index < -0.39 is 17.1 Å². The normalized spacial score (nSPS) is 28.4. The molecule has 0 spiro atoms. The zero-order chi connectivity index (χ0) is 16.4. The van der Waals surface area contributed by atoms with Crippen LogP contribution in [0.1, 0.15) is 28.8 Å². The molecule has 6 nitrogen and oxygen atoms in total. The molecular weight excluding hydrogens is 318 g/mol. The van der Waals surface area contributed by atoms with Gasteiger partial charge in [-0.3, -0.25) is 4.79 Å². The summed E-state index contributed by atoms with van der Waals surface area (Å²) in [7, 11) is 0. The summed E-state index contributed by atoms with van der Waals surface area (Å²) in [5.41, 5.74) is 6.18.